The number of hydrogen-bond acceptors (Lipinski definition) is 2. The highest BCUT2D eigenvalue weighted by molar-refractivity contribution is 5.53. The minimum atomic E-state index is -2.36. The van der Waals surface area contributed by atoms with E-state index in [2.05, 4.69) is 0 Å². The van der Waals surface area contributed by atoms with Gasteiger partial charge >= 0.3 is 0 Å². The van der Waals surface area contributed by atoms with Crippen molar-refractivity contribution in [2.75, 3.05) is 13.1 Å². The molecule has 2 nitrogen and oxygen atoms in total. The summed E-state index contributed by atoms with van der Waals surface area (Å²) in [4.78, 5) is 11.3. The highest BCUT2D eigenvalue weighted by atomic mass is 19.3. The molecular formula is C7H11F2NO. The standard InChI is InChI=1S/C7H11F2NO/c8-7(9)10-3-1-6(5-11)2-4-10/h5-7H,1-4H2. The number of likely N-dealkylation sites (tertiary alicyclic amines) is 1. The molecule has 0 unspecified atom stereocenters. The Morgan fingerprint density at radius 2 is 1.91 bits per heavy atom. The van der Waals surface area contributed by atoms with Gasteiger partial charge in [-0.2, -0.15) is 8.78 Å². The molecule has 0 aromatic heterocycles. The molecule has 4 heteroatoms. The molecular weight excluding hydrogens is 152 g/mol. The molecule has 0 aromatic carbocycles. The third kappa shape index (κ3) is 2.22. The van der Waals surface area contributed by atoms with Gasteiger partial charge in [-0.25, -0.2) is 4.90 Å². The summed E-state index contributed by atoms with van der Waals surface area (Å²) < 4.78 is 24.0. The van der Waals surface area contributed by atoms with E-state index in [9.17, 15) is 13.6 Å². The molecule has 0 amide bonds. The van der Waals surface area contributed by atoms with Gasteiger partial charge in [0.15, 0.2) is 0 Å². The first-order valence-corrected chi connectivity index (χ1v) is 3.71. The monoisotopic (exact) mass is 163 g/mol. The molecule has 1 saturated heterocycles. The van der Waals surface area contributed by atoms with E-state index in [1.807, 2.05) is 0 Å². The lowest BCUT2D eigenvalue weighted by molar-refractivity contribution is -0.114. The molecule has 1 aliphatic rings. The van der Waals surface area contributed by atoms with E-state index in [4.69, 9.17) is 0 Å². The van der Waals surface area contributed by atoms with Crippen molar-refractivity contribution in [1.82, 2.24) is 4.90 Å². The molecule has 11 heavy (non-hydrogen) atoms. The molecule has 0 saturated carbocycles. The predicted octanol–water partition coefficient (Wildman–Crippen LogP) is 1.12. The van der Waals surface area contributed by atoms with E-state index in [1.165, 1.54) is 0 Å². The van der Waals surface area contributed by atoms with Crippen LogP contribution in [0.3, 0.4) is 0 Å². The van der Waals surface area contributed by atoms with Crippen LogP contribution >= 0.6 is 0 Å². The molecule has 0 aromatic rings. The zero-order chi connectivity index (χ0) is 8.27. The Morgan fingerprint density at radius 1 is 1.36 bits per heavy atom. The van der Waals surface area contributed by atoms with Crippen LogP contribution in [-0.2, 0) is 4.79 Å². The summed E-state index contributed by atoms with van der Waals surface area (Å²) in [6.45, 7) is -1.66. The Bertz CT molecular complexity index is 132. The molecule has 0 aliphatic carbocycles. The van der Waals surface area contributed by atoms with Crippen LogP contribution in [0.5, 0.6) is 0 Å². The van der Waals surface area contributed by atoms with E-state index < -0.39 is 6.55 Å². The zero-order valence-electron chi connectivity index (χ0n) is 6.17. The largest absolute Gasteiger partial charge is 0.303 e. The molecule has 1 heterocycles. The molecule has 0 bridgehead atoms. The van der Waals surface area contributed by atoms with Crippen LogP contribution in [0.4, 0.5) is 8.78 Å². The van der Waals surface area contributed by atoms with Crippen LogP contribution < -0.4 is 0 Å². The Kier molecular flexibility index (Phi) is 2.93. The lowest BCUT2D eigenvalue weighted by atomic mass is 9.99. The van der Waals surface area contributed by atoms with E-state index in [0.29, 0.717) is 25.9 Å². The van der Waals surface area contributed by atoms with Gasteiger partial charge in [0.2, 0.25) is 0 Å². The first-order chi connectivity index (χ1) is 5.24. The van der Waals surface area contributed by atoms with Gasteiger partial charge in [0.1, 0.15) is 6.29 Å². The highest BCUT2D eigenvalue weighted by Gasteiger charge is 2.23. The van der Waals surface area contributed by atoms with Crippen molar-refractivity contribution in [1.29, 1.82) is 0 Å². The van der Waals surface area contributed by atoms with Crippen LogP contribution in [0.1, 0.15) is 12.8 Å². The second kappa shape index (κ2) is 3.76. The highest BCUT2D eigenvalue weighted by Crippen LogP contribution is 2.17. The van der Waals surface area contributed by atoms with Gasteiger partial charge in [-0.15, -0.1) is 0 Å². The minimum Gasteiger partial charge on any atom is -0.303 e. The van der Waals surface area contributed by atoms with Crippen molar-refractivity contribution in [2.45, 2.75) is 19.4 Å². The number of halogens is 2. The minimum absolute atomic E-state index is 0.00463. The Labute approximate surface area is 64.2 Å². The Balaban J connectivity index is 2.29. The van der Waals surface area contributed by atoms with Gasteiger partial charge in [-0.1, -0.05) is 0 Å². The maximum absolute atomic E-state index is 12.0. The fourth-order valence-corrected chi connectivity index (χ4v) is 1.25. The third-order valence-electron chi connectivity index (χ3n) is 2.04. The quantitative estimate of drug-likeness (QED) is 0.449. The molecule has 0 N–H and O–H groups in total. The van der Waals surface area contributed by atoms with Gasteiger partial charge in [-0.3, -0.25) is 0 Å². The number of piperidine rings is 1. The Hall–Kier alpha value is -0.510. The number of hydrogen-bond donors (Lipinski definition) is 0. The van der Waals surface area contributed by atoms with E-state index in [0.717, 1.165) is 11.2 Å². The summed E-state index contributed by atoms with van der Waals surface area (Å²) in [6.07, 6.45) is 2.02. The summed E-state index contributed by atoms with van der Waals surface area (Å²) in [5.41, 5.74) is 0. The lowest BCUT2D eigenvalue weighted by Crippen LogP contribution is -2.37. The van der Waals surface area contributed by atoms with Crippen LogP contribution in [0.25, 0.3) is 0 Å². The average molecular weight is 163 g/mol. The average Bonchev–Trinajstić information content (AvgIpc) is 2.05. The maximum Gasteiger partial charge on any atom is 0.294 e. The molecule has 0 spiro atoms. The molecule has 0 atom stereocenters. The van der Waals surface area contributed by atoms with E-state index >= 15 is 0 Å². The van der Waals surface area contributed by atoms with Crippen molar-refractivity contribution in [3.05, 3.63) is 0 Å². The Morgan fingerprint density at radius 3 is 2.27 bits per heavy atom. The van der Waals surface area contributed by atoms with Crippen molar-refractivity contribution in [3.63, 3.8) is 0 Å². The summed E-state index contributed by atoms with van der Waals surface area (Å²) in [6, 6.07) is 0. The van der Waals surface area contributed by atoms with Crippen molar-refractivity contribution in [3.8, 4) is 0 Å². The summed E-state index contributed by atoms with van der Waals surface area (Å²) in [7, 11) is 0. The number of carbonyl (C=O) groups is 1. The number of alkyl halides is 2. The van der Waals surface area contributed by atoms with Crippen LogP contribution in [0.2, 0.25) is 0 Å². The molecule has 1 rings (SSSR count). The fraction of sp³-hybridized carbons (Fsp3) is 0.857. The second-order valence-electron chi connectivity index (χ2n) is 2.79. The lowest BCUT2D eigenvalue weighted by Gasteiger charge is -2.28. The van der Waals surface area contributed by atoms with Gasteiger partial charge < -0.3 is 4.79 Å². The van der Waals surface area contributed by atoms with Gasteiger partial charge in [-0.05, 0) is 12.8 Å². The molecule has 64 valence electrons. The SMILES string of the molecule is O=CC1CCN(C(F)F)CC1. The van der Waals surface area contributed by atoms with Gasteiger partial charge in [0.25, 0.3) is 6.55 Å². The number of carbonyl (C=O) groups excluding carboxylic acids is 1. The first kappa shape index (κ1) is 8.59. The van der Waals surface area contributed by atoms with Crippen LogP contribution in [0, 0.1) is 5.92 Å². The molecule has 1 aliphatic heterocycles. The van der Waals surface area contributed by atoms with E-state index in [1.54, 1.807) is 0 Å². The van der Waals surface area contributed by atoms with Crippen molar-refractivity contribution >= 4 is 6.29 Å². The van der Waals surface area contributed by atoms with Crippen molar-refractivity contribution < 1.29 is 13.6 Å². The summed E-state index contributed by atoms with van der Waals surface area (Å²) >= 11 is 0. The number of nitrogens with zero attached hydrogens (tertiary/aromatic N) is 1. The van der Waals surface area contributed by atoms with Crippen LogP contribution in [0.15, 0.2) is 0 Å². The normalized spacial score (nSPS) is 22.5. The topological polar surface area (TPSA) is 20.3 Å². The number of aldehydes is 1. The zero-order valence-corrected chi connectivity index (χ0v) is 6.17. The molecule has 0 radical (unpaired) electrons. The summed E-state index contributed by atoms with van der Waals surface area (Å²) in [5, 5.41) is 0. The summed E-state index contributed by atoms with van der Waals surface area (Å²) in [5.74, 6) is 0.00463. The third-order valence-corrected chi connectivity index (χ3v) is 2.04. The smallest absolute Gasteiger partial charge is 0.294 e. The second-order valence-corrected chi connectivity index (χ2v) is 2.79. The van der Waals surface area contributed by atoms with Gasteiger partial charge in [0.05, 0.1) is 0 Å². The number of rotatable bonds is 2. The molecule has 1 fully saturated rings. The predicted molar refractivity (Wildman–Crippen MR) is 36.4 cm³/mol. The van der Waals surface area contributed by atoms with Crippen molar-refractivity contribution in [2.24, 2.45) is 5.92 Å². The fourth-order valence-electron chi connectivity index (χ4n) is 1.25. The van der Waals surface area contributed by atoms with E-state index in [-0.39, 0.29) is 5.92 Å². The van der Waals surface area contributed by atoms with Gasteiger partial charge in [0, 0.05) is 19.0 Å². The maximum atomic E-state index is 12.0. The first-order valence-electron chi connectivity index (χ1n) is 3.71. The van der Waals surface area contributed by atoms with Crippen LogP contribution in [-0.4, -0.2) is 30.8 Å².